The molecule has 1 aromatic carbocycles. The van der Waals surface area contributed by atoms with Crippen LogP contribution in [0.1, 0.15) is 0 Å². The number of piperazine rings is 1. The summed E-state index contributed by atoms with van der Waals surface area (Å²) in [5.41, 5.74) is 0.524. The van der Waals surface area contributed by atoms with Gasteiger partial charge in [-0.2, -0.15) is 0 Å². The van der Waals surface area contributed by atoms with E-state index in [0.717, 1.165) is 0 Å². The summed E-state index contributed by atoms with van der Waals surface area (Å²) in [7, 11) is 1.61. The maximum absolute atomic E-state index is 12.5. The van der Waals surface area contributed by atoms with Gasteiger partial charge in [-0.05, 0) is 18.2 Å². The monoisotopic (exact) mass is 469 g/mol. The number of hydrogen-bond acceptors (Lipinski definition) is 5. The molecule has 0 spiro atoms. The van der Waals surface area contributed by atoms with Crippen LogP contribution in [0.15, 0.2) is 36.5 Å². The van der Waals surface area contributed by atoms with Gasteiger partial charge in [0, 0.05) is 39.4 Å². The van der Waals surface area contributed by atoms with Crippen molar-refractivity contribution in [2.75, 3.05) is 56.5 Å². The van der Waals surface area contributed by atoms with Crippen LogP contribution in [0.5, 0.6) is 0 Å². The molecule has 1 N–H and O–H groups in total. The van der Waals surface area contributed by atoms with Gasteiger partial charge in [-0.3, -0.25) is 14.5 Å². The molecule has 7 nitrogen and oxygen atoms in total. The minimum atomic E-state index is -0.299. The Hall–Kier alpha value is -2.06. The van der Waals surface area contributed by atoms with E-state index in [9.17, 15) is 9.59 Å². The highest BCUT2D eigenvalue weighted by atomic mass is 35.5. The molecule has 10 heteroatoms. The Bertz CT molecular complexity index is 919. The molecule has 1 saturated heterocycles. The summed E-state index contributed by atoms with van der Waals surface area (Å²) in [5, 5.41) is 4.18. The highest BCUT2D eigenvalue weighted by Gasteiger charge is 2.23. The predicted molar refractivity (Wildman–Crippen MR) is 121 cm³/mol. The quantitative estimate of drug-likeness (QED) is 0.702. The van der Waals surface area contributed by atoms with Crippen LogP contribution in [0, 0.1) is 0 Å². The summed E-state index contributed by atoms with van der Waals surface area (Å²) in [4.78, 5) is 34.6. The van der Waals surface area contributed by atoms with E-state index in [1.165, 1.54) is 4.90 Å². The number of hydrogen-bond donors (Lipinski definition) is 1. The van der Waals surface area contributed by atoms with Crippen LogP contribution in [0.4, 0.5) is 11.5 Å². The van der Waals surface area contributed by atoms with E-state index in [-0.39, 0.29) is 24.9 Å². The zero-order valence-electron chi connectivity index (χ0n) is 16.4. The van der Waals surface area contributed by atoms with E-state index < -0.39 is 0 Å². The molecule has 1 aliphatic rings. The highest BCUT2D eigenvalue weighted by Crippen LogP contribution is 2.26. The number of rotatable bonds is 6. The van der Waals surface area contributed by atoms with Gasteiger partial charge < -0.3 is 15.1 Å². The molecule has 2 heterocycles. The molecule has 1 aromatic heterocycles. The highest BCUT2D eigenvalue weighted by molar-refractivity contribution is 6.36. The van der Waals surface area contributed by atoms with Crippen molar-refractivity contribution in [1.29, 1.82) is 0 Å². The normalized spacial score (nSPS) is 14.5. The number of pyridine rings is 1. The van der Waals surface area contributed by atoms with E-state index in [4.69, 9.17) is 34.8 Å². The first-order chi connectivity index (χ1) is 14.3. The third-order valence-corrected chi connectivity index (χ3v) is 5.59. The minimum absolute atomic E-state index is 0.0473. The summed E-state index contributed by atoms with van der Waals surface area (Å²) in [6.07, 6.45) is 1.57. The van der Waals surface area contributed by atoms with E-state index in [0.29, 0.717) is 52.8 Å². The minimum Gasteiger partial charge on any atom is -0.353 e. The van der Waals surface area contributed by atoms with Crippen molar-refractivity contribution in [2.24, 2.45) is 0 Å². The zero-order chi connectivity index (χ0) is 21.7. The van der Waals surface area contributed by atoms with Crippen molar-refractivity contribution in [1.82, 2.24) is 14.8 Å². The average Bonchev–Trinajstić information content (AvgIpc) is 2.70. The molecule has 2 amide bonds. The maximum Gasteiger partial charge on any atom is 0.244 e. The van der Waals surface area contributed by atoms with Gasteiger partial charge in [0.25, 0.3) is 0 Å². The number of carbonyl (C=O) groups is 2. The summed E-state index contributed by atoms with van der Waals surface area (Å²) in [6, 6.07) is 8.64. The standard InChI is InChI=1S/C20H22Cl3N5O2/c1-26(12-18(29)25-17-5-3-2-4-15(17)22)19(30)13-27-6-8-28(9-7-27)20-16(23)10-14(21)11-24-20/h2-5,10-11H,6-9,12-13H2,1H3,(H,25,29). The number of nitrogens with one attached hydrogen (secondary N) is 1. The number of benzene rings is 1. The number of aromatic nitrogens is 1. The molecular weight excluding hydrogens is 449 g/mol. The molecule has 0 radical (unpaired) electrons. The summed E-state index contributed by atoms with van der Waals surface area (Å²) in [5.74, 6) is 0.271. The lowest BCUT2D eigenvalue weighted by atomic mass is 10.3. The lowest BCUT2D eigenvalue weighted by molar-refractivity contribution is -0.134. The number of likely N-dealkylation sites (N-methyl/N-ethyl adjacent to an activating group) is 1. The van der Waals surface area contributed by atoms with Crippen LogP contribution >= 0.6 is 34.8 Å². The van der Waals surface area contributed by atoms with Gasteiger partial charge in [-0.15, -0.1) is 0 Å². The second kappa shape index (κ2) is 10.3. The number of amides is 2. The number of nitrogens with zero attached hydrogens (tertiary/aromatic N) is 4. The second-order valence-corrected chi connectivity index (χ2v) is 8.25. The van der Waals surface area contributed by atoms with E-state index in [1.807, 2.05) is 4.90 Å². The number of anilines is 2. The number of para-hydroxylation sites is 1. The Morgan fingerprint density at radius 3 is 2.47 bits per heavy atom. The Kier molecular flexibility index (Phi) is 7.77. The topological polar surface area (TPSA) is 68.8 Å². The van der Waals surface area contributed by atoms with Crippen molar-refractivity contribution in [3.63, 3.8) is 0 Å². The van der Waals surface area contributed by atoms with Crippen LogP contribution in [-0.2, 0) is 9.59 Å². The Balaban J connectivity index is 1.46. The first kappa shape index (κ1) is 22.6. The first-order valence-corrected chi connectivity index (χ1v) is 10.5. The van der Waals surface area contributed by atoms with Crippen LogP contribution in [0.3, 0.4) is 0 Å². The van der Waals surface area contributed by atoms with E-state index in [2.05, 4.69) is 15.2 Å². The lowest BCUT2D eigenvalue weighted by Gasteiger charge is -2.35. The Morgan fingerprint density at radius 2 is 1.80 bits per heavy atom. The van der Waals surface area contributed by atoms with Gasteiger partial charge >= 0.3 is 0 Å². The molecule has 0 saturated carbocycles. The van der Waals surface area contributed by atoms with Gasteiger partial charge in [0.2, 0.25) is 11.8 Å². The summed E-state index contributed by atoms with van der Waals surface area (Å²) < 4.78 is 0. The zero-order valence-corrected chi connectivity index (χ0v) is 18.7. The molecular formula is C20H22Cl3N5O2. The van der Waals surface area contributed by atoms with Crippen molar-refractivity contribution in [3.8, 4) is 0 Å². The number of halogens is 3. The van der Waals surface area contributed by atoms with Crippen molar-refractivity contribution < 1.29 is 9.59 Å². The molecule has 0 aliphatic carbocycles. The molecule has 30 heavy (non-hydrogen) atoms. The fraction of sp³-hybridized carbons (Fsp3) is 0.350. The fourth-order valence-corrected chi connectivity index (χ4v) is 3.81. The molecule has 0 unspecified atom stereocenters. The Morgan fingerprint density at radius 1 is 1.10 bits per heavy atom. The van der Waals surface area contributed by atoms with Gasteiger partial charge in [0.1, 0.15) is 5.82 Å². The Labute approximate surface area is 190 Å². The first-order valence-electron chi connectivity index (χ1n) is 9.40. The molecule has 0 bridgehead atoms. The van der Waals surface area contributed by atoms with Crippen molar-refractivity contribution in [2.45, 2.75) is 0 Å². The maximum atomic E-state index is 12.5. The molecule has 1 aliphatic heterocycles. The largest absolute Gasteiger partial charge is 0.353 e. The molecule has 1 fully saturated rings. The SMILES string of the molecule is CN(CC(=O)Nc1ccccc1Cl)C(=O)CN1CCN(c2ncc(Cl)cc2Cl)CC1. The van der Waals surface area contributed by atoms with Crippen LogP contribution in [0.2, 0.25) is 15.1 Å². The third-order valence-electron chi connectivity index (χ3n) is 4.77. The summed E-state index contributed by atoms with van der Waals surface area (Å²) in [6.45, 7) is 2.95. The molecule has 2 aromatic rings. The average molecular weight is 471 g/mol. The molecule has 3 rings (SSSR count). The van der Waals surface area contributed by atoms with Crippen LogP contribution in [0.25, 0.3) is 0 Å². The van der Waals surface area contributed by atoms with E-state index >= 15 is 0 Å². The lowest BCUT2D eigenvalue weighted by Crippen LogP contribution is -2.50. The molecule has 160 valence electrons. The smallest absolute Gasteiger partial charge is 0.244 e. The second-order valence-electron chi connectivity index (χ2n) is 7.00. The van der Waals surface area contributed by atoms with Gasteiger partial charge in [-0.25, -0.2) is 4.98 Å². The third kappa shape index (κ3) is 5.98. The van der Waals surface area contributed by atoms with E-state index in [1.54, 1.807) is 43.6 Å². The van der Waals surface area contributed by atoms with Gasteiger partial charge in [0.15, 0.2) is 0 Å². The fourth-order valence-electron chi connectivity index (χ4n) is 3.13. The number of carbonyl (C=O) groups excluding carboxylic acids is 2. The predicted octanol–water partition coefficient (Wildman–Crippen LogP) is 3.26. The van der Waals surface area contributed by atoms with Crippen molar-refractivity contribution in [3.05, 3.63) is 51.6 Å². The van der Waals surface area contributed by atoms with Crippen LogP contribution < -0.4 is 10.2 Å². The van der Waals surface area contributed by atoms with Gasteiger partial charge in [-0.1, -0.05) is 46.9 Å². The van der Waals surface area contributed by atoms with Crippen molar-refractivity contribution >= 4 is 58.1 Å². The summed E-state index contributed by atoms with van der Waals surface area (Å²) >= 11 is 18.2. The molecule has 0 atom stereocenters. The van der Waals surface area contributed by atoms with Crippen LogP contribution in [-0.4, -0.2) is 72.9 Å². The van der Waals surface area contributed by atoms with Gasteiger partial charge in [0.05, 0.1) is 33.8 Å².